The van der Waals surface area contributed by atoms with E-state index in [-0.39, 0.29) is 0 Å². The molecule has 3 aromatic rings. The topological polar surface area (TPSA) is 88.1 Å². The third-order valence-electron chi connectivity index (χ3n) is 5.44. The van der Waals surface area contributed by atoms with Crippen LogP contribution in [0.1, 0.15) is 36.6 Å². The van der Waals surface area contributed by atoms with Gasteiger partial charge in [0.2, 0.25) is 57.9 Å². The van der Waals surface area contributed by atoms with Crippen LogP contribution in [0.5, 0.6) is 23.0 Å². The van der Waals surface area contributed by atoms with Gasteiger partial charge in [0.1, 0.15) is 22.4 Å². The van der Waals surface area contributed by atoms with Gasteiger partial charge in [-0.2, -0.15) is 26.3 Å². The van der Waals surface area contributed by atoms with Crippen molar-refractivity contribution in [2.24, 2.45) is 0 Å². The van der Waals surface area contributed by atoms with Gasteiger partial charge in [-0.05, 0) is 0 Å². The van der Waals surface area contributed by atoms with Crippen molar-refractivity contribution in [2.75, 3.05) is 0 Å². The summed E-state index contributed by atoms with van der Waals surface area (Å²) in [6, 6.07) is 0. The van der Waals surface area contributed by atoms with Crippen molar-refractivity contribution in [1.29, 1.82) is 0 Å². The summed E-state index contributed by atoms with van der Waals surface area (Å²) in [5, 5.41) is 0. The van der Waals surface area contributed by atoms with Crippen LogP contribution < -0.4 is 9.47 Å². The van der Waals surface area contributed by atoms with E-state index in [9.17, 15) is 58.3 Å². The predicted octanol–water partition coefficient (Wildman–Crippen LogP) is 6.11. The molecule has 17 heteroatoms. The number of benzene rings is 3. The molecule has 0 unspecified atom stereocenters. The van der Waals surface area contributed by atoms with Crippen LogP contribution in [0.15, 0.2) is 6.58 Å². The lowest BCUT2D eigenvalue weighted by Crippen LogP contribution is -2.10. The molecule has 0 atom stereocenters. The Balaban J connectivity index is 1.63. The van der Waals surface area contributed by atoms with Crippen molar-refractivity contribution < 1.29 is 77.2 Å². The Bertz CT molecular complexity index is 1630. The quantitative estimate of drug-likeness (QED) is 0.159. The number of halogens is 10. The molecule has 206 valence electrons. The maximum absolute atomic E-state index is 14.7. The number of esters is 3. The SMILES string of the molecule is C=C1OC(=O)c2c(F)c(Oc3c(F)c(F)c(Oc4c(F)c(F)c5c(c4F)C(=O)OC5=O)c(F)c3F)c(F)c(F)c21. The normalized spacial score (nSPS) is 13.8. The second-order valence-electron chi connectivity index (χ2n) is 7.65. The number of ether oxygens (including phenoxy) is 4. The molecule has 0 aromatic heterocycles. The first-order chi connectivity index (χ1) is 18.7. The van der Waals surface area contributed by atoms with E-state index in [0.29, 0.717) is 0 Å². The van der Waals surface area contributed by atoms with Crippen LogP contribution in [0.2, 0.25) is 0 Å². The third kappa shape index (κ3) is 3.43. The maximum Gasteiger partial charge on any atom is 0.350 e. The Morgan fingerprint density at radius 1 is 0.400 bits per heavy atom. The van der Waals surface area contributed by atoms with E-state index in [2.05, 4.69) is 25.5 Å². The summed E-state index contributed by atoms with van der Waals surface area (Å²) in [4.78, 5) is 34.7. The molecule has 0 bridgehead atoms. The third-order valence-corrected chi connectivity index (χ3v) is 5.44. The van der Waals surface area contributed by atoms with Crippen LogP contribution in [0, 0.1) is 58.2 Å². The van der Waals surface area contributed by atoms with Gasteiger partial charge < -0.3 is 18.9 Å². The molecule has 0 radical (unpaired) electrons. The van der Waals surface area contributed by atoms with Crippen LogP contribution in [-0.2, 0) is 9.47 Å². The maximum atomic E-state index is 14.7. The zero-order valence-corrected chi connectivity index (χ0v) is 18.3. The molecule has 0 saturated heterocycles. The Hall–Kier alpha value is -5.09. The second kappa shape index (κ2) is 8.72. The molecule has 2 aliphatic rings. The summed E-state index contributed by atoms with van der Waals surface area (Å²) in [5.41, 5.74) is -5.59. The van der Waals surface area contributed by atoms with Gasteiger partial charge in [-0.25, -0.2) is 31.9 Å². The van der Waals surface area contributed by atoms with Gasteiger partial charge in [0.25, 0.3) is 0 Å². The number of rotatable bonds is 4. The molecule has 0 fully saturated rings. The summed E-state index contributed by atoms with van der Waals surface area (Å²) in [6.45, 7) is 3.03. The number of hydrogen-bond donors (Lipinski definition) is 0. The summed E-state index contributed by atoms with van der Waals surface area (Å²) in [7, 11) is 0. The highest BCUT2D eigenvalue weighted by atomic mass is 19.2. The minimum Gasteiger partial charge on any atom is -0.445 e. The number of hydrogen-bond acceptors (Lipinski definition) is 7. The van der Waals surface area contributed by atoms with Crippen LogP contribution in [0.4, 0.5) is 43.9 Å². The van der Waals surface area contributed by atoms with E-state index in [1.807, 2.05) is 0 Å². The smallest absolute Gasteiger partial charge is 0.350 e. The van der Waals surface area contributed by atoms with E-state index in [1.54, 1.807) is 0 Å². The molecule has 3 aromatic carbocycles. The van der Waals surface area contributed by atoms with Gasteiger partial charge in [0.05, 0.1) is 5.56 Å². The first kappa shape index (κ1) is 26.5. The highest BCUT2D eigenvalue weighted by Crippen LogP contribution is 2.45. The molecular weight excluding hydrogens is 578 g/mol. The highest BCUT2D eigenvalue weighted by molar-refractivity contribution is 6.15. The Morgan fingerprint density at radius 2 is 0.675 bits per heavy atom. The average molecular weight is 580 g/mol. The van der Waals surface area contributed by atoms with Crippen molar-refractivity contribution >= 4 is 23.7 Å². The predicted molar refractivity (Wildman–Crippen MR) is 103 cm³/mol. The molecule has 7 nitrogen and oxygen atoms in total. The molecule has 5 rings (SSSR count). The first-order valence-corrected chi connectivity index (χ1v) is 9.99. The summed E-state index contributed by atoms with van der Waals surface area (Å²) in [6.07, 6.45) is 0. The minimum atomic E-state index is -2.71. The molecular formula is C23H2F10O7. The molecule has 0 spiro atoms. The van der Waals surface area contributed by atoms with Crippen molar-refractivity contribution in [1.82, 2.24) is 0 Å². The fourth-order valence-corrected chi connectivity index (χ4v) is 3.67. The van der Waals surface area contributed by atoms with E-state index < -0.39 is 127 Å². The standard InChI is InChI=1S/C23H2F10O7/c1-2-3-4(21(34)37-2)9(26)17(11(28)7(3)24)38-19-13(30)15(32)20(16(33)14(19)31)39-18-10(27)6-5(8(25)12(18)29)22(35)40-23(6)36/h1H2. The number of carbonyl (C=O) groups is 3. The van der Waals surface area contributed by atoms with Crippen LogP contribution in [0.3, 0.4) is 0 Å². The van der Waals surface area contributed by atoms with Gasteiger partial charge >= 0.3 is 17.9 Å². The van der Waals surface area contributed by atoms with E-state index in [0.717, 1.165) is 0 Å². The fourth-order valence-electron chi connectivity index (χ4n) is 3.67. The molecule has 0 amide bonds. The summed E-state index contributed by atoms with van der Waals surface area (Å²) < 4.78 is 162. The van der Waals surface area contributed by atoms with Gasteiger partial charge in [0, 0.05) is 0 Å². The molecule has 2 aliphatic heterocycles. The van der Waals surface area contributed by atoms with Gasteiger partial charge in [-0.1, -0.05) is 6.58 Å². The zero-order valence-electron chi connectivity index (χ0n) is 18.3. The molecule has 2 heterocycles. The molecule has 40 heavy (non-hydrogen) atoms. The minimum absolute atomic E-state index is 0.849. The molecule has 0 saturated carbocycles. The summed E-state index contributed by atoms with van der Waals surface area (Å²) in [5.74, 6) is -39.5. The van der Waals surface area contributed by atoms with Crippen LogP contribution in [0.25, 0.3) is 5.76 Å². The van der Waals surface area contributed by atoms with Crippen molar-refractivity contribution in [3.05, 3.63) is 87.0 Å². The lowest BCUT2D eigenvalue weighted by atomic mass is 10.1. The van der Waals surface area contributed by atoms with Gasteiger partial charge in [0.15, 0.2) is 23.3 Å². The average Bonchev–Trinajstić information content (AvgIpc) is 3.37. The van der Waals surface area contributed by atoms with E-state index in [1.165, 1.54) is 0 Å². The van der Waals surface area contributed by atoms with Crippen LogP contribution in [-0.4, -0.2) is 17.9 Å². The molecule has 0 aliphatic carbocycles. The van der Waals surface area contributed by atoms with Gasteiger partial charge in [-0.3, -0.25) is 0 Å². The second-order valence-corrected chi connectivity index (χ2v) is 7.65. The van der Waals surface area contributed by atoms with Crippen molar-refractivity contribution in [3.63, 3.8) is 0 Å². The zero-order chi connectivity index (χ0) is 29.5. The van der Waals surface area contributed by atoms with Gasteiger partial charge in [-0.15, -0.1) is 0 Å². The van der Waals surface area contributed by atoms with Crippen molar-refractivity contribution in [3.8, 4) is 23.0 Å². The lowest BCUT2D eigenvalue weighted by Gasteiger charge is -2.16. The Kier molecular flexibility index (Phi) is 5.78. The van der Waals surface area contributed by atoms with Crippen molar-refractivity contribution in [2.45, 2.75) is 0 Å². The molecule has 0 N–H and O–H groups in total. The number of carbonyl (C=O) groups excluding carboxylic acids is 3. The Labute approximate surface area is 211 Å². The lowest BCUT2D eigenvalue weighted by molar-refractivity contribution is 0.0439. The Morgan fingerprint density at radius 3 is 1.10 bits per heavy atom. The first-order valence-electron chi connectivity index (χ1n) is 9.99. The number of cyclic esters (lactones) is 3. The monoisotopic (exact) mass is 580 g/mol. The highest BCUT2D eigenvalue weighted by Gasteiger charge is 2.43. The van der Waals surface area contributed by atoms with E-state index in [4.69, 9.17) is 0 Å². The summed E-state index contributed by atoms with van der Waals surface area (Å²) >= 11 is 0. The van der Waals surface area contributed by atoms with Crippen LogP contribution >= 0.6 is 0 Å². The van der Waals surface area contributed by atoms with E-state index >= 15 is 0 Å². The largest absolute Gasteiger partial charge is 0.445 e. The number of fused-ring (bicyclic) bond motifs is 2. The fraction of sp³-hybridized carbons (Fsp3) is 0.